The van der Waals surface area contributed by atoms with Crippen LogP contribution in [0.25, 0.3) is 5.69 Å². The van der Waals surface area contributed by atoms with Gasteiger partial charge in [-0.3, -0.25) is 4.79 Å². The second-order valence-corrected chi connectivity index (χ2v) is 8.95. The topological polar surface area (TPSA) is 55.1 Å². The van der Waals surface area contributed by atoms with Gasteiger partial charge in [0.15, 0.2) is 0 Å². The first-order valence-electron chi connectivity index (χ1n) is 10.2. The molecule has 1 aromatic heterocycles. The van der Waals surface area contributed by atoms with E-state index in [1.54, 1.807) is 16.4 Å². The van der Waals surface area contributed by atoms with Crippen molar-refractivity contribution in [2.24, 2.45) is 0 Å². The minimum absolute atomic E-state index is 0.118. The van der Waals surface area contributed by atoms with Gasteiger partial charge in [-0.05, 0) is 79.3 Å². The molecule has 0 amide bonds. The average Bonchev–Trinajstić information content (AvgIpc) is 3.12. The quantitative estimate of drug-likeness (QED) is 0.393. The first kappa shape index (κ1) is 23.9. The van der Waals surface area contributed by atoms with Gasteiger partial charge in [0.2, 0.25) is 0 Å². The number of hydrogen-bond donors (Lipinski definition) is 1. The molecular weight excluding hydrogens is 437 g/mol. The number of aromatic nitrogens is 2. The fourth-order valence-corrected chi connectivity index (χ4v) is 4.53. The molecule has 0 unspecified atom stereocenters. The van der Waals surface area contributed by atoms with Gasteiger partial charge >= 0.3 is 12.1 Å². The van der Waals surface area contributed by atoms with Crippen LogP contribution in [-0.2, 0) is 17.4 Å². The molecule has 1 atom stereocenters. The number of halogens is 3. The summed E-state index contributed by atoms with van der Waals surface area (Å²) in [5.74, 6) is 0.201. The predicted octanol–water partition coefficient (Wildman–Crippen LogP) is 6.42. The van der Waals surface area contributed by atoms with Gasteiger partial charge in [0.1, 0.15) is 0 Å². The maximum Gasteiger partial charge on any atom is 0.416 e. The molecule has 2 aromatic carbocycles. The van der Waals surface area contributed by atoms with Crippen LogP contribution in [-0.4, -0.2) is 26.6 Å². The van der Waals surface area contributed by atoms with E-state index in [4.69, 9.17) is 5.11 Å². The van der Waals surface area contributed by atoms with E-state index in [1.807, 2.05) is 32.2 Å². The molecule has 8 heteroatoms. The van der Waals surface area contributed by atoms with Crippen LogP contribution in [0.4, 0.5) is 13.2 Å². The van der Waals surface area contributed by atoms with E-state index in [9.17, 15) is 18.0 Å². The zero-order valence-electron chi connectivity index (χ0n) is 18.1. The smallest absolute Gasteiger partial charge is 0.416 e. The van der Waals surface area contributed by atoms with Crippen molar-refractivity contribution in [1.82, 2.24) is 9.78 Å². The number of alkyl halides is 3. The van der Waals surface area contributed by atoms with Gasteiger partial charge in [-0.2, -0.15) is 18.3 Å². The number of aliphatic carboxylic acids is 1. The van der Waals surface area contributed by atoms with E-state index in [-0.39, 0.29) is 12.3 Å². The number of benzene rings is 2. The molecular formula is C24H25F3N2O2S. The first-order chi connectivity index (χ1) is 15.0. The Morgan fingerprint density at radius 3 is 2.44 bits per heavy atom. The molecule has 1 heterocycles. The summed E-state index contributed by atoms with van der Waals surface area (Å²) in [4.78, 5) is 11.9. The van der Waals surface area contributed by atoms with E-state index in [0.29, 0.717) is 12.1 Å². The van der Waals surface area contributed by atoms with E-state index in [0.717, 1.165) is 45.2 Å². The van der Waals surface area contributed by atoms with E-state index >= 15 is 0 Å². The third-order valence-corrected chi connectivity index (χ3v) is 6.60. The van der Waals surface area contributed by atoms with Crippen LogP contribution < -0.4 is 0 Å². The van der Waals surface area contributed by atoms with Gasteiger partial charge in [-0.15, -0.1) is 11.8 Å². The SMILES string of the molecule is Cc1cc(SC[C@@H](C)c2cn(-c3ccc(C(F)(F)F)cc3)nc2C)ccc1CCC(=O)O. The van der Waals surface area contributed by atoms with Crippen LogP contribution in [0.3, 0.4) is 0 Å². The lowest BCUT2D eigenvalue weighted by Gasteiger charge is -2.12. The lowest BCUT2D eigenvalue weighted by atomic mass is 10.0. The number of carboxylic acids is 1. The van der Waals surface area contributed by atoms with Crippen molar-refractivity contribution in [2.45, 2.75) is 50.6 Å². The fourth-order valence-electron chi connectivity index (χ4n) is 3.48. The predicted molar refractivity (Wildman–Crippen MR) is 120 cm³/mol. The molecule has 4 nitrogen and oxygen atoms in total. The van der Waals surface area contributed by atoms with E-state index in [1.165, 1.54) is 12.1 Å². The zero-order valence-corrected chi connectivity index (χ0v) is 18.9. The van der Waals surface area contributed by atoms with Crippen molar-refractivity contribution in [1.29, 1.82) is 0 Å². The van der Waals surface area contributed by atoms with Crippen LogP contribution in [0.15, 0.2) is 53.6 Å². The summed E-state index contributed by atoms with van der Waals surface area (Å²) in [7, 11) is 0. The summed E-state index contributed by atoms with van der Waals surface area (Å²) in [6.07, 6.45) is -1.84. The Morgan fingerprint density at radius 2 is 1.84 bits per heavy atom. The standard InChI is InChI=1S/C24H25F3N2O2S/c1-15-12-21(10-4-18(15)5-11-23(30)31)32-14-16(2)22-13-29(28-17(22)3)20-8-6-19(7-9-20)24(25,26)27/h4,6-10,12-13,16H,5,11,14H2,1-3H3,(H,30,31)/t16-/m1/s1. The summed E-state index contributed by atoms with van der Waals surface area (Å²) in [6.45, 7) is 5.99. The van der Waals surface area contributed by atoms with Crippen LogP contribution in [0, 0.1) is 13.8 Å². The molecule has 1 N–H and O–H groups in total. The number of thioether (sulfide) groups is 1. The molecule has 32 heavy (non-hydrogen) atoms. The van der Waals surface area contributed by atoms with Crippen LogP contribution in [0.5, 0.6) is 0 Å². The van der Waals surface area contributed by atoms with E-state index < -0.39 is 17.7 Å². The normalized spacial score (nSPS) is 12.7. The molecule has 3 aromatic rings. The largest absolute Gasteiger partial charge is 0.481 e. The Bertz CT molecular complexity index is 1090. The molecule has 0 spiro atoms. The average molecular weight is 463 g/mol. The van der Waals surface area contributed by atoms with Crippen molar-refractivity contribution < 1.29 is 23.1 Å². The number of aryl methyl sites for hydroxylation is 3. The number of nitrogens with zero attached hydrogens (tertiary/aromatic N) is 2. The Balaban J connectivity index is 1.66. The highest BCUT2D eigenvalue weighted by Gasteiger charge is 2.30. The van der Waals surface area contributed by atoms with Crippen molar-refractivity contribution in [2.75, 3.05) is 5.75 Å². The van der Waals surface area contributed by atoms with Crippen molar-refractivity contribution >= 4 is 17.7 Å². The molecule has 0 saturated carbocycles. The maximum atomic E-state index is 12.8. The molecule has 3 rings (SSSR count). The molecule has 170 valence electrons. The molecule has 0 fully saturated rings. The molecule has 0 aliphatic carbocycles. The highest BCUT2D eigenvalue weighted by molar-refractivity contribution is 7.99. The van der Waals surface area contributed by atoms with Crippen LogP contribution >= 0.6 is 11.8 Å². The summed E-state index contributed by atoms with van der Waals surface area (Å²) in [6, 6.07) is 11.0. The van der Waals surface area contributed by atoms with Crippen LogP contribution in [0.1, 0.15) is 47.2 Å². The van der Waals surface area contributed by atoms with E-state index in [2.05, 4.69) is 18.1 Å². The highest BCUT2D eigenvalue weighted by atomic mass is 32.2. The highest BCUT2D eigenvalue weighted by Crippen LogP contribution is 2.31. The minimum atomic E-state index is -4.36. The molecule has 0 saturated heterocycles. The Labute approximate surface area is 189 Å². The molecule has 0 bridgehead atoms. The van der Waals surface area contributed by atoms with Crippen LogP contribution in [0.2, 0.25) is 0 Å². The zero-order chi connectivity index (χ0) is 23.5. The Hall–Kier alpha value is -2.74. The van der Waals surface area contributed by atoms with Crippen molar-refractivity contribution in [3.8, 4) is 5.69 Å². The fraction of sp³-hybridized carbons (Fsp3) is 0.333. The van der Waals surface area contributed by atoms with Gasteiger partial charge in [0, 0.05) is 23.3 Å². The monoisotopic (exact) mass is 462 g/mol. The summed E-state index contributed by atoms with van der Waals surface area (Å²) in [5.41, 5.74) is 3.92. The second kappa shape index (κ2) is 9.81. The van der Waals surface area contributed by atoms with Crippen molar-refractivity contribution in [3.05, 3.63) is 76.6 Å². The summed E-state index contributed by atoms with van der Waals surface area (Å²) >= 11 is 1.71. The third kappa shape index (κ3) is 5.94. The Kier molecular flexibility index (Phi) is 7.33. The van der Waals surface area contributed by atoms with Gasteiger partial charge in [0.05, 0.1) is 16.9 Å². The minimum Gasteiger partial charge on any atom is -0.481 e. The summed E-state index contributed by atoms with van der Waals surface area (Å²) < 4.78 is 40.0. The second-order valence-electron chi connectivity index (χ2n) is 7.85. The molecule has 0 aliphatic rings. The lowest BCUT2D eigenvalue weighted by molar-refractivity contribution is -0.138. The Morgan fingerprint density at radius 1 is 1.16 bits per heavy atom. The number of hydrogen-bond acceptors (Lipinski definition) is 3. The first-order valence-corrected chi connectivity index (χ1v) is 11.2. The van der Waals surface area contributed by atoms with Gasteiger partial charge in [-0.1, -0.05) is 13.0 Å². The van der Waals surface area contributed by atoms with Gasteiger partial charge in [-0.25, -0.2) is 4.68 Å². The molecule has 0 aliphatic heterocycles. The summed E-state index contributed by atoms with van der Waals surface area (Å²) in [5, 5.41) is 13.3. The number of carboxylic acid groups (broad SMARTS) is 1. The van der Waals surface area contributed by atoms with Gasteiger partial charge in [0.25, 0.3) is 0 Å². The number of rotatable bonds is 8. The third-order valence-electron chi connectivity index (χ3n) is 5.35. The molecule has 0 radical (unpaired) electrons. The number of carbonyl (C=O) groups is 1. The maximum absolute atomic E-state index is 12.8. The van der Waals surface area contributed by atoms with Crippen molar-refractivity contribution in [3.63, 3.8) is 0 Å². The lowest BCUT2D eigenvalue weighted by Crippen LogP contribution is -2.05. The van der Waals surface area contributed by atoms with Gasteiger partial charge < -0.3 is 5.11 Å².